The highest BCUT2D eigenvalue weighted by Gasteiger charge is 2.29. The van der Waals surface area contributed by atoms with Crippen molar-refractivity contribution < 1.29 is 9.90 Å². The molecule has 0 aromatic carbocycles. The van der Waals surface area contributed by atoms with E-state index in [0.29, 0.717) is 17.0 Å². The van der Waals surface area contributed by atoms with Gasteiger partial charge in [0.2, 0.25) is 5.95 Å². The Labute approximate surface area is 142 Å². The van der Waals surface area contributed by atoms with Gasteiger partial charge in [0, 0.05) is 23.2 Å². The summed E-state index contributed by atoms with van der Waals surface area (Å²) in [6, 6.07) is 3.35. The predicted molar refractivity (Wildman–Crippen MR) is 93.3 cm³/mol. The summed E-state index contributed by atoms with van der Waals surface area (Å²) in [7, 11) is 0. The fourth-order valence-electron chi connectivity index (χ4n) is 2.23. The Morgan fingerprint density at radius 1 is 1.04 bits per heavy atom. The van der Waals surface area contributed by atoms with Crippen molar-refractivity contribution in [2.75, 3.05) is 5.32 Å². The van der Waals surface area contributed by atoms with E-state index in [0.717, 1.165) is 0 Å². The number of aromatic hydroxyl groups is 1. The molecule has 0 aliphatic rings. The molecule has 24 heavy (non-hydrogen) atoms. The van der Waals surface area contributed by atoms with E-state index in [4.69, 9.17) is 0 Å². The highest BCUT2D eigenvalue weighted by atomic mass is 16.3. The third kappa shape index (κ3) is 3.88. The predicted octanol–water partition coefficient (Wildman–Crippen LogP) is 3.42. The molecular weight excluding hydrogens is 304 g/mol. The number of hydrogen-bond donors (Lipinski definition) is 2. The minimum atomic E-state index is -0.388. The molecule has 0 radical (unpaired) electrons. The van der Waals surface area contributed by atoms with E-state index in [1.54, 1.807) is 18.3 Å². The van der Waals surface area contributed by atoms with Gasteiger partial charge in [-0.2, -0.15) is 0 Å². The zero-order chi connectivity index (χ0) is 18.1. The second-order valence-corrected chi connectivity index (χ2v) is 7.79. The van der Waals surface area contributed by atoms with Crippen molar-refractivity contribution in [2.45, 2.75) is 52.4 Å². The van der Waals surface area contributed by atoms with Gasteiger partial charge >= 0.3 is 0 Å². The third-order valence-electron chi connectivity index (χ3n) is 3.45. The van der Waals surface area contributed by atoms with Crippen molar-refractivity contribution >= 4 is 11.9 Å². The fraction of sp³-hybridized carbons (Fsp3) is 0.444. The molecule has 2 rings (SSSR count). The van der Waals surface area contributed by atoms with Gasteiger partial charge in [-0.15, -0.1) is 0 Å². The minimum absolute atomic E-state index is 0.0781. The molecule has 0 unspecified atom stereocenters. The van der Waals surface area contributed by atoms with Gasteiger partial charge < -0.3 is 5.11 Å². The van der Waals surface area contributed by atoms with Crippen LogP contribution in [0.15, 0.2) is 24.5 Å². The lowest BCUT2D eigenvalue weighted by atomic mass is 9.85. The number of pyridine rings is 1. The number of amides is 1. The first-order valence-electron chi connectivity index (χ1n) is 7.83. The molecule has 0 fully saturated rings. The molecule has 6 nitrogen and oxygen atoms in total. The number of nitrogens with one attached hydrogen (secondary N) is 1. The van der Waals surface area contributed by atoms with Crippen LogP contribution in [0, 0.1) is 0 Å². The number of rotatable bonds is 2. The van der Waals surface area contributed by atoms with Crippen molar-refractivity contribution in [2.24, 2.45) is 0 Å². The van der Waals surface area contributed by atoms with Gasteiger partial charge in [0.05, 0.1) is 17.0 Å². The van der Waals surface area contributed by atoms with Crippen LogP contribution in [0.2, 0.25) is 0 Å². The van der Waals surface area contributed by atoms with Crippen LogP contribution >= 0.6 is 0 Å². The Bertz CT molecular complexity index is 709. The van der Waals surface area contributed by atoms with E-state index in [1.807, 2.05) is 41.5 Å². The summed E-state index contributed by atoms with van der Waals surface area (Å²) in [5, 5.41) is 13.3. The Hall–Kier alpha value is -2.50. The van der Waals surface area contributed by atoms with Crippen molar-refractivity contribution in [3.05, 3.63) is 41.5 Å². The molecule has 2 aromatic rings. The largest absolute Gasteiger partial charge is 0.504 e. The van der Waals surface area contributed by atoms with E-state index < -0.39 is 0 Å². The molecule has 2 aromatic heterocycles. The lowest BCUT2D eigenvalue weighted by molar-refractivity contribution is 0.102. The normalized spacial score (nSPS) is 12.1. The highest BCUT2D eigenvalue weighted by molar-refractivity contribution is 6.03. The lowest BCUT2D eigenvalue weighted by Gasteiger charge is -2.26. The lowest BCUT2D eigenvalue weighted by Crippen LogP contribution is -2.23. The summed E-state index contributed by atoms with van der Waals surface area (Å²) >= 11 is 0. The zero-order valence-electron chi connectivity index (χ0n) is 15.0. The molecule has 0 bridgehead atoms. The zero-order valence-corrected chi connectivity index (χ0v) is 15.0. The first-order valence-corrected chi connectivity index (χ1v) is 7.83. The van der Waals surface area contributed by atoms with E-state index in [9.17, 15) is 9.90 Å². The van der Waals surface area contributed by atoms with Crippen molar-refractivity contribution in [1.82, 2.24) is 15.0 Å². The minimum Gasteiger partial charge on any atom is -0.504 e. The fourth-order valence-corrected chi connectivity index (χ4v) is 2.23. The standard InChI is InChI=1S/C18H24N4O2/c1-17(2,3)13-12(23)14(18(4,5)6)21-16(20-13)22-15(24)11-8-7-9-19-10-11/h7-10,23H,1-6H3,(H,20,21,22,24). The first kappa shape index (κ1) is 17.8. The summed E-state index contributed by atoms with van der Waals surface area (Å²) < 4.78 is 0. The smallest absolute Gasteiger partial charge is 0.259 e. The third-order valence-corrected chi connectivity index (χ3v) is 3.45. The molecule has 0 spiro atoms. The number of hydrogen-bond acceptors (Lipinski definition) is 5. The van der Waals surface area contributed by atoms with Gasteiger partial charge in [-0.25, -0.2) is 9.97 Å². The van der Waals surface area contributed by atoms with E-state index in [2.05, 4.69) is 20.3 Å². The summed E-state index contributed by atoms with van der Waals surface area (Å²) in [6.45, 7) is 11.7. The Morgan fingerprint density at radius 2 is 1.58 bits per heavy atom. The first-order chi connectivity index (χ1) is 11.0. The monoisotopic (exact) mass is 328 g/mol. The average molecular weight is 328 g/mol. The summed E-state index contributed by atoms with van der Waals surface area (Å²) in [4.78, 5) is 25.0. The van der Waals surface area contributed by atoms with Crippen LogP contribution in [-0.4, -0.2) is 26.0 Å². The van der Waals surface area contributed by atoms with E-state index >= 15 is 0 Å². The van der Waals surface area contributed by atoms with Gasteiger partial charge in [0.1, 0.15) is 0 Å². The Kier molecular flexibility index (Phi) is 4.60. The maximum atomic E-state index is 12.3. The van der Waals surface area contributed by atoms with Crippen molar-refractivity contribution in [3.8, 4) is 5.75 Å². The van der Waals surface area contributed by atoms with Crippen LogP contribution in [0.1, 0.15) is 63.3 Å². The topological polar surface area (TPSA) is 88.0 Å². The maximum absolute atomic E-state index is 12.3. The van der Waals surface area contributed by atoms with Gasteiger partial charge in [0.25, 0.3) is 5.91 Å². The van der Waals surface area contributed by atoms with Crippen LogP contribution in [-0.2, 0) is 10.8 Å². The number of carbonyl (C=O) groups is 1. The molecule has 0 aliphatic heterocycles. The molecule has 2 N–H and O–H groups in total. The van der Waals surface area contributed by atoms with Gasteiger partial charge in [-0.05, 0) is 12.1 Å². The summed E-state index contributed by atoms with van der Waals surface area (Å²) in [5.74, 6) is -0.0839. The maximum Gasteiger partial charge on any atom is 0.259 e. The quantitative estimate of drug-likeness (QED) is 0.882. The molecular formula is C18H24N4O2. The summed E-state index contributed by atoms with van der Waals surface area (Å²) in [6.07, 6.45) is 3.08. The van der Waals surface area contributed by atoms with Gasteiger partial charge in [0.15, 0.2) is 5.75 Å². The van der Waals surface area contributed by atoms with Crippen molar-refractivity contribution in [1.29, 1.82) is 0 Å². The van der Waals surface area contributed by atoms with E-state index in [-0.39, 0.29) is 28.4 Å². The van der Waals surface area contributed by atoms with Crippen LogP contribution in [0.25, 0.3) is 0 Å². The van der Waals surface area contributed by atoms with Crippen LogP contribution < -0.4 is 5.32 Å². The average Bonchev–Trinajstić information content (AvgIpc) is 2.47. The molecule has 1 amide bonds. The molecule has 6 heteroatoms. The Morgan fingerprint density at radius 3 is 2.00 bits per heavy atom. The number of anilines is 1. The van der Waals surface area contributed by atoms with Crippen LogP contribution in [0.3, 0.4) is 0 Å². The molecule has 0 saturated heterocycles. The number of nitrogens with zero attached hydrogens (tertiary/aromatic N) is 3. The summed E-state index contributed by atoms with van der Waals surface area (Å²) in [5.41, 5.74) is 0.651. The number of carbonyl (C=O) groups excluding carboxylic acids is 1. The molecule has 0 atom stereocenters. The van der Waals surface area contributed by atoms with Crippen LogP contribution in [0.5, 0.6) is 5.75 Å². The second kappa shape index (κ2) is 6.19. The van der Waals surface area contributed by atoms with Crippen LogP contribution in [0.4, 0.5) is 5.95 Å². The molecule has 2 heterocycles. The second-order valence-electron chi connectivity index (χ2n) is 7.79. The number of aromatic nitrogens is 3. The molecule has 128 valence electrons. The SMILES string of the molecule is CC(C)(C)c1nc(NC(=O)c2cccnc2)nc(C(C)(C)C)c1O. The molecule has 0 aliphatic carbocycles. The highest BCUT2D eigenvalue weighted by Crippen LogP contribution is 2.37. The van der Waals surface area contributed by atoms with E-state index in [1.165, 1.54) is 6.20 Å². The molecule has 0 saturated carbocycles. The van der Waals surface area contributed by atoms with Gasteiger partial charge in [-0.1, -0.05) is 41.5 Å². The Balaban J connectivity index is 2.49. The van der Waals surface area contributed by atoms with Gasteiger partial charge in [-0.3, -0.25) is 15.1 Å². The van der Waals surface area contributed by atoms with Crippen molar-refractivity contribution in [3.63, 3.8) is 0 Å².